The smallest absolute Gasteiger partial charge is 0.267 e. The lowest BCUT2D eigenvalue weighted by Gasteiger charge is -2.11. The number of thiocarbonyl (C=S) groups is 1. The second-order valence-electron chi connectivity index (χ2n) is 5.22. The minimum absolute atomic E-state index is 0.227. The molecule has 2 aromatic rings. The van der Waals surface area contributed by atoms with Gasteiger partial charge < -0.3 is 5.32 Å². The number of hydrogen-bond acceptors (Lipinski definition) is 6. The fourth-order valence-electron chi connectivity index (χ4n) is 2.45. The minimum Gasteiger partial charge on any atom is -0.370 e. The number of aromatic nitrogens is 2. The molecule has 1 aliphatic rings. The normalized spacial score (nSPS) is 16.0. The zero-order chi connectivity index (χ0) is 18.0. The molecule has 0 unspecified atom stereocenters. The van der Waals surface area contributed by atoms with Crippen molar-refractivity contribution < 1.29 is 4.79 Å². The zero-order valence-corrected chi connectivity index (χ0v) is 15.2. The summed E-state index contributed by atoms with van der Waals surface area (Å²) in [5, 5.41) is 3.09. The van der Waals surface area contributed by atoms with Crippen LogP contribution in [0.5, 0.6) is 0 Å². The van der Waals surface area contributed by atoms with Crippen molar-refractivity contribution in [2.45, 2.75) is 6.92 Å². The number of hydrogen-bond donors (Lipinski definition) is 1. The summed E-state index contributed by atoms with van der Waals surface area (Å²) in [7, 11) is 0. The number of pyridine rings is 1. The number of carbonyl (C=O) groups excluding carboxylic acids is 1. The molecule has 0 radical (unpaired) electrons. The van der Waals surface area contributed by atoms with Crippen molar-refractivity contribution >= 4 is 51.7 Å². The number of rotatable bonds is 5. The fraction of sp³-hybridized carbons (Fsp3) is 0.176. The van der Waals surface area contributed by atoms with Gasteiger partial charge in [-0.15, -0.1) is 6.58 Å². The van der Waals surface area contributed by atoms with Crippen LogP contribution in [-0.2, 0) is 4.79 Å². The Morgan fingerprint density at radius 3 is 2.92 bits per heavy atom. The molecule has 1 amide bonds. The summed E-state index contributed by atoms with van der Waals surface area (Å²) in [5.74, 6) is 0.225. The van der Waals surface area contributed by atoms with Crippen molar-refractivity contribution in [3.05, 3.63) is 57.9 Å². The Bertz CT molecular complexity index is 965. The SMILES string of the molecule is C=CCN1C(=O)/C(=C\c2c(NCC)nc3ccccn3c2=O)SC1=S. The van der Waals surface area contributed by atoms with Crippen molar-refractivity contribution in [1.29, 1.82) is 0 Å². The highest BCUT2D eigenvalue weighted by Gasteiger charge is 2.31. The van der Waals surface area contributed by atoms with E-state index in [9.17, 15) is 9.59 Å². The topological polar surface area (TPSA) is 66.7 Å². The molecule has 8 heteroatoms. The predicted octanol–water partition coefficient (Wildman–Crippen LogP) is 2.51. The molecule has 0 aliphatic carbocycles. The highest BCUT2D eigenvalue weighted by Crippen LogP contribution is 2.32. The Labute approximate surface area is 154 Å². The molecule has 0 atom stereocenters. The molecule has 0 aromatic carbocycles. The number of nitrogens with one attached hydrogen (secondary N) is 1. The number of carbonyl (C=O) groups is 1. The van der Waals surface area contributed by atoms with Crippen LogP contribution in [0.25, 0.3) is 11.7 Å². The van der Waals surface area contributed by atoms with Crippen LogP contribution in [0.4, 0.5) is 5.82 Å². The van der Waals surface area contributed by atoms with E-state index in [1.54, 1.807) is 30.5 Å². The molecule has 3 rings (SSSR count). The van der Waals surface area contributed by atoms with Gasteiger partial charge in [-0.1, -0.05) is 36.1 Å². The maximum absolute atomic E-state index is 12.9. The van der Waals surface area contributed by atoms with Crippen molar-refractivity contribution in [2.24, 2.45) is 0 Å². The van der Waals surface area contributed by atoms with E-state index in [2.05, 4.69) is 16.9 Å². The van der Waals surface area contributed by atoms with Crippen LogP contribution in [0.2, 0.25) is 0 Å². The summed E-state index contributed by atoms with van der Waals surface area (Å²) in [6.45, 7) is 6.50. The molecule has 1 aliphatic heterocycles. The van der Waals surface area contributed by atoms with E-state index in [-0.39, 0.29) is 11.5 Å². The van der Waals surface area contributed by atoms with Gasteiger partial charge in [-0.05, 0) is 25.1 Å². The van der Waals surface area contributed by atoms with Gasteiger partial charge >= 0.3 is 0 Å². The number of amides is 1. The van der Waals surface area contributed by atoms with Crippen LogP contribution in [0, 0.1) is 0 Å². The highest BCUT2D eigenvalue weighted by atomic mass is 32.2. The lowest BCUT2D eigenvalue weighted by Crippen LogP contribution is -2.28. The third-order valence-corrected chi connectivity index (χ3v) is 4.95. The maximum atomic E-state index is 12.9. The third kappa shape index (κ3) is 3.22. The summed E-state index contributed by atoms with van der Waals surface area (Å²) in [5.41, 5.74) is 0.639. The van der Waals surface area contributed by atoms with E-state index < -0.39 is 0 Å². The Morgan fingerprint density at radius 1 is 1.40 bits per heavy atom. The van der Waals surface area contributed by atoms with E-state index in [1.807, 2.05) is 13.0 Å². The summed E-state index contributed by atoms with van der Waals surface area (Å²) < 4.78 is 1.91. The van der Waals surface area contributed by atoms with Gasteiger partial charge in [0.2, 0.25) is 0 Å². The first-order chi connectivity index (χ1) is 12.1. The average Bonchev–Trinajstić information content (AvgIpc) is 2.86. The predicted molar refractivity (Wildman–Crippen MR) is 106 cm³/mol. The molecule has 3 heterocycles. The first-order valence-electron chi connectivity index (χ1n) is 7.68. The van der Waals surface area contributed by atoms with Crippen LogP contribution in [-0.4, -0.2) is 37.6 Å². The summed E-state index contributed by atoms with van der Waals surface area (Å²) in [6.07, 6.45) is 4.83. The van der Waals surface area contributed by atoms with E-state index in [0.29, 0.717) is 39.3 Å². The largest absolute Gasteiger partial charge is 0.370 e. The number of fused-ring (bicyclic) bond motifs is 1. The van der Waals surface area contributed by atoms with E-state index >= 15 is 0 Å². The van der Waals surface area contributed by atoms with Gasteiger partial charge in [-0.3, -0.25) is 18.9 Å². The van der Waals surface area contributed by atoms with Gasteiger partial charge in [-0.2, -0.15) is 0 Å². The molecule has 25 heavy (non-hydrogen) atoms. The first kappa shape index (κ1) is 17.4. The van der Waals surface area contributed by atoms with E-state index in [4.69, 9.17) is 12.2 Å². The Hall–Kier alpha value is -2.45. The summed E-state index contributed by atoms with van der Waals surface area (Å²) in [4.78, 5) is 31.7. The molecule has 0 bridgehead atoms. The molecule has 0 spiro atoms. The molecule has 1 saturated heterocycles. The van der Waals surface area contributed by atoms with Crippen molar-refractivity contribution in [3.8, 4) is 0 Å². The van der Waals surface area contributed by atoms with Crippen molar-refractivity contribution in [3.63, 3.8) is 0 Å². The maximum Gasteiger partial charge on any atom is 0.267 e. The fourth-order valence-corrected chi connectivity index (χ4v) is 3.71. The Morgan fingerprint density at radius 2 is 2.20 bits per heavy atom. The molecule has 6 nitrogen and oxygen atoms in total. The Balaban J connectivity index is 2.15. The van der Waals surface area contributed by atoms with Gasteiger partial charge in [0.25, 0.3) is 11.5 Å². The molecule has 128 valence electrons. The highest BCUT2D eigenvalue weighted by molar-refractivity contribution is 8.26. The van der Waals surface area contributed by atoms with Crippen molar-refractivity contribution in [2.75, 3.05) is 18.4 Å². The molecule has 1 fully saturated rings. The first-order valence-corrected chi connectivity index (χ1v) is 8.90. The lowest BCUT2D eigenvalue weighted by atomic mass is 10.2. The van der Waals surface area contributed by atoms with E-state index in [1.165, 1.54) is 21.1 Å². The van der Waals surface area contributed by atoms with Crippen LogP contribution in [0.15, 0.2) is 46.8 Å². The Kier molecular flexibility index (Phi) is 5.00. The third-order valence-electron chi connectivity index (χ3n) is 3.57. The molecule has 0 saturated carbocycles. The summed E-state index contributed by atoms with van der Waals surface area (Å²) in [6, 6.07) is 5.34. The van der Waals surface area contributed by atoms with Gasteiger partial charge in [0.1, 0.15) is 15.8 Å². The van der Waals surface area contributed by atoms with Crippen LogP contribution >= 0.6 is 24.0 Å². The second kappa shape index (κ2) is 7.20. The number of nitrogens with zero attached hydrogens (tertiary/aromatic N) is 3. The molecular formula is C17H16N4O2S2. The molecule has 1 N–H and O–H groups in total. The van der Waals surface area contributed by atoms with Gasteiger partial charge in [-0.25, -0.2) is 4.98 Å². The van der Waals surface area contributed by atoms with Crippen molar-refractivity contribution in [1.82, 2.24) is 14.3 Å². The van der Waals surface area contributed by atoms with Crippen LogP contribution < -0.4 is 10.9 Å². The van der Waals surface area contributed by atoms with Gasteiger partial charge in [0.15, 0.2) is 0 Å². The average molecular weight is 372 g/mol. The number of anilines is 1. The molecular weight excluding hydrogens is 356 g/mol. The van der Waals surface area contributed by atoms with Crippen LogP contribution in [0.3, 0.4) is 0 Å². The quantitative estimate of drug-likeness (QED) is 0.494. The number of thioether (sulfide) groups is 1. The summed E-state index contributed by atoms with van der Waals surface area (Å²) >= 11 is 6.41. The van der Waals surface area contributed by atoms with E-state index in [0.717, 1.165) is 0 Å². The van der Waals surface area contributed by atoms with Gasteiger partial charge in [0, 0.05) is 19.3 Å². The monoisotopic (exact) mass is 372 g/mol. The zero-order valence-electron chi connectivity index (χ0n) is 13.6. The second-order valence-corrected chi connectivity index (χ2v) is 6.90. The molecule has 2 aromatic heterocycles. The lowest BCUT2D eigenvalue weighted by molar-refractivity contribution is -0.121. The standard InChI is InChI=1S/C17H16N4O2S2/c1-3-8-21-16(23)12(25-17(21)24)10-11-14(18-4-2)19-13-7-5-6-9-20(13)15(11)22/h3,5-7,9-10,18H,1,4,8H2,2H3/b12-10+. The minimum atomic E-state index is -0.240. The van der Waals surface area contributed by atoms with Gasteiger partial charge in [0.05, 0.1) is 10.5 Å². The van der Waals surface area contributed by atoms with Crippen LogP contribution in [0.1, 0.15) is 12.5 Å².